The molecular weight excluding hydrogens is 394 g/mol. The average molecular weight is 415 g/mol. The number of aromatic nitrogens is 2. The summed E-state index contributed by atoms with van der Waals surface area (Å²) in [5.41, 5.74) is 2.79. The van der Waals surface area contributed by atoms with Gasteiger partial charge in [0.1, 0.15) is 17.0 Å². The van der Waals surface area contributed by atoms with Crippen LogP contribution in [0.15, 0.2) is 63.8 Å². The molecule has 2 aromatic heterocycles. The molecule has 0 bridgehead atoms. The van der Waals surface area contributed by atoms with Gasteiger partial charge in [-0.3, -0.25) is 4.79 Å². The number of furan rings is 1. The summed E-state index contributed by atoms with van der Waals surface area (Å²) in [7, 11) is 0. The van der Waals surface area contributed by atoms with Gasteiger partial charge in [0, 0.05) is 11.1 Å². The summed E-state index contributed by atoms with van der Waals surface area (Å²) in [4.78, 5) is 31.2. The Hall–Kier alpha value is -3.87. The van der Waals surface area contributed by atoms with Crippen LogP contribution in [-0.2, 0) is 5.54 Å². The zero-order valence-electron chi connectivity index (χ0n) is 16.9. The van der Waals surface area contributed by atoms with Crippen molar-refractivity contribution in [1.29, 1.82) is 0 Å². The van der Waals surface area contributed by atoms with E-state index in [2.05, 4.69) is 15.3 Å². The predicted molar refractivity (Wildman–Crippen MR) is 117 cm³/mol. The van der Waals surface area contributed by atoms with Crippen molar-refractivity contribution in [3.8, 4) is 22.5 Å². The molecule has 1 amide bonds. The average Bonchev–Trinajstić information content (AvgIpc) is 3.11. The summed E-state index contributed by atoms with van der Waals surface area (Å²) in [6, 6.07) is 17.3. The minimum Gasteiger partial charge on any atom is -0.465 e. The summed E-state index contributed by atoms with van der Waals surface area (Å²) >= 11 is 0. The second kappa shape index (κ2) is 7.12. The molecule has 156 valence electrons. The Kier molecular flexibility index (Phi) is 4.39. The van der Waals surface area contributed by atoms with E-state index in [4.69, 9.17) is 4.42 Å². The first-order chi connectivity index (χ1) is 15.0. The van der Waals surface area contributed by atoms with Gasteiger partial charge in [0.2, 0.25) is 5.71 Å². The Labute approximate surface area is 177 Å². The third-order valence-corrected chi connectivity index (χ3v) is 6.00. The second-order valence-electron chi connectivity index (χ2n) is 7.95. The molecule has 2 aromatic carbocycles. The molecule has 0 radical (unpaired) electrons. The molecule has 0 atom stereocenters. The Morgan fingerprint density at radius 3 is 2.42 bits per heavy atom. The highest BCUT2D eigenvalue weighted by atomic mass is 16.4. The van der Waals surface area contributed by atoms with Crippen LogP contribution in [0.25, 0.3) is 33.6 Å². The first-order valence-electron chi connectivity index (χ1n) is 10.2. The number of carbonyl (C=O) groups is 1. The molecule has 7 heteroatoms. The van der Waals surface area contributed by atoms with Gasteiger partial charge in [-0.15, -0.1) is 0 Å². The van der Waals surface area contributed by atoms with Crippen LogP contribution in [0.4, 0.5) is 4.79 Å². The van der Waals surface area contributed by atoms with Gasteiger partial charge in [0.25, 0.3) is 5.56 Å². The predicted octanol–water partition coefficient (Wildman–Crippen LogP) is 4.81. The SMILES string of the molecule is Cc1nc2oc(-c3ccc(C4(NC(=O)O)CCC4)cc3)c(-c3ccccc3)c2c(=O)[nH]1. The van der Waals surface area contributed by atoms with E-state index in [-0.39, 0.29) is 5.56 Å². The van der Waals surface area contributed by atoms with Gasteiger partial charge < -0.3 is 19.8 Å². The van der Waals surface area contributed by atoms with Gasteiger partial charge >= 0.3 is 6.09 Å². The highest BCUT2D eigenvalue weighted by Crippen LogP contribution is 2.43. The smallest absolute Gasteiger partial charge is 0.405 e. The van der Waals surface area contributed by atoms with Crippen molar-refractivity contribution < 1.29 is 14.3 Å². The fourth-order valence-corrected chi connectivity index (χ4v) is 4.36. The third kappa shape index (κ3) is 3.18. The highest BCUT2D eigenvalue weighted by molar-refractivity contribution is 5.99. The lowest BCUT2D eigenvalue weighted by Gasteiger charge is -2.42. The summed E-state index contributed by atoms with van der Waals surface area (Å²) in [6.45, 7) is 1.72. The van der Waals surface area contributed by atoms with E-state index in [1.807, 2.05) is 54.6 Å². The molecule has 2 heterocycles. The maximum absolute atomic E-state index is 12.8. The van der Waals surface area contributed by atoms with Crippen LogP contribution in [0, 0.1) is 6.92 Å². The minimum absolute atomic E-state index is 0.243. The van der Waals surface area contributed by atoms with E-state index in [0.29, 0.717) is 28.2 Å². The quantitative estimate of drug-likeness (QED) is 0.443. The molecule has 1 saturated carbocycles. The van der Waals surface area contributed by atoms with E-state index in [1.54, 1.807) is 6.92 Å². The van der Waals surface area contributed by atoms with Crippen molar-refractivity contribution in [2.24, 2.45) is 0 Å². The molecule has 1 aliphatic rings. The Morgan fingerprint density at radius 1 is 1.10 bits per heavy atom. The molecule has 3 N–H and O–H groups in total. The first-order valence-corrected chi connectivity index (χ1v) is 10.2. The lowest BCUT2D eigenvalue weighted by molar-refractivity contribution is 0.144. The summed E-state index contributed by atoms with van der Waals surface area (Å²) in [6.07, 6.45) is 1.51. The summed E-state index contributed by atoms with van der Waals surface area (Å²) in [5.74, 6) is 1.05. The number of nitrogens with zero attached hydrogens (tertiary/aromatic N) is 1. The molecule has 5 rings (SSSR count). The van der Waals surface area contributed by atoms with Crippen molar-refractivity contribution in [2.45, 2.75) is 31.7 Å². The zero-order valence-corrected chi connectivity index (χ0v) is 16.9. The van der Waals surface area contributed by atoms with Gasteiger partial charge in [-0.2, -0.15) is 4.98 Å². The van der Waals surface area contributed by atoms with E-state index in [1.165, 1.54) is 0 Å². The monoisotopic (exact) mass is 415 g/mol. The number of nitrogens with one attached hydrogen (secondary N) is 2. The van der Waals surface area contributed by atoms with E-state index in [9.17, 15) is 14.7 Å². The maximum Gasteiger partial charge on any atom is 0.405 e. The largest absolute Gasteiger partial charge is 0.465 e. The van der Waals surface area contributed by atoms with Crippen LogP contribution in [-0.4, -0.2) is 21.2 Å². The molecule has 0 unspecified atom stereocenters. The number of fused-ring (bicyclic) bond motifs is 1. The number of amides is 1. The molecule has 0 spiro atoms. The van der Waals surface area contributed by atoms with E-state index >= 15 is 0 Å². The Bertz CT molecular complexity index is 1330. The summed E-state index contributed by atoms with van der Waals surface area (Å²) < 4.78 is 6.09. The van der Waals surface area contributed by atoms with Gasteiger partial charge in [0.15, 0.2) is 0 Å². The molecular formula is C24H21N3O4. The fraction of sp³-hybridized carbons (Fsp3) is 0.208. The highest BCUT2D eigenvalue weighted by Gasteiger charge is 2.40. The number of carboxylic acid groups (broad SMARTS) is 1. The number of hydrogen-bond donors (Lipinski definition) is 3. The van der Waals surface area contributed by atoms with Gasteiger partial charge in [0.05, 0.1) is 5.54 Å². The van der Waals surface area contributed by atoms with Crippen LogP contribution in [0.2, 0.25) is 0 Å². The lowest BCUT2D eigenvalue weighted by Crippen LogP contribution is -2.50. The van der Waals surface area contributed by atoms with Gasteiger partial charge in [-0.1, -0.05) is 54.6 Å². The van der Waals surface area contributed by atoms with Crippen molar-refractivity contribution in [3.63, 3.8) is 0 Å². The maximum atomic E-state index is 12.8. The van der Waals surface area contributed by atoms with Crippen molar-refractivity contribution >= 4 is 17.2 Å². The molecule has 0 aliphatic heterocycles. The van der Waals surface area contributed by atoms with Gasteiger partial charge in [-0.05, 0) is 37.3 Å². The minimum atomic E-state index is -1.02. The zero-order chi connectivity index (χ0) is 21.6. The molecule has 1 aliphatic carbocycles. The number of aromatic amines is 1. The van der Waals surface area contributed by atoms with Crippen LogP contribution in [0.3, 0.4) is 0 Å². The molecule has 0 saturated heterocycles. The molecule has 1 fully saturated rings. The lowest BCUT2D eigenvalue weighted by atomic mass is 9.72. The standard InChI is InChI=1S/C24H21N3O4/c1-14-25-21(28)19-18(15-6-3-2-4-7-15)20(31-22(19)26-14)16-8-10-17(11-9-16)24(12-5-13-24)27-23(29)30/h2-4,6-11,27H,5,12-13H2,1H3,(H,29,30)(H,25,26,28). The number of rotatable bonds is 4. The molecule has 31 heavy (non-hydrogen) atoms. The number of H-pyrrole nitrogens is 1. The van der Waals surface area contributed by atoms with E-state index < -0.39 is 11.6 Å². The third-order valence-electron chi connectivity index (χ3n) is 6.00. The summed E-state index contributed by atoms with van der Waals surface area (Å²) in [5, 5.41) is 12.3. The Balaban J connectivity index is 1.66. The number of hydrogen-bond acceptors (Lipinski definition) is 4. The topological polar surface area (TPSA) is 108 Å². The van der Waals surface area contributed by atoms with Crippen LogP contribution in [0.5, 0.6) is 0 Å². The number of aryl methyl sites for hydroxylation is 1. The molecule has 7 nitrogen and oxygen atoms in total. The Morgan fingerprint density at radius 2 is 1.81 bits per heavy atom. The first kappa shape index (κ1) is 19.1. The van der Waals surface area contributed by atoms with Crippen molar-refractivity contribution in [1.82, 2.24) is 15.3 Å². The van der Waals surface area contributed by atoms with Crippen LogP contribution < -0.4 is 10.9 Å². The van der Waals surface area contributed by atoms with Gasteiger partial charge in [-0.25, -0.2) is 4.79 Å². The van der Waals surface area contributed by atoms with Crippen LogP contribution in [0.1, 0.15) is 30.7 Å². The van der Waals surface area contributed by atoms with Crippen molar-refractivity contribution in [2.75, 3.05) is 0 Å². The number of benzene rings is 2. The van der Waals surface area contributed by atoms with Crippen LogP contribution >= 0.6 is 0 Å². The van der Waals surface area contributed by atoms with Crippen molar-refractivity contribution in [3.05, 3.63) is 76.3 Å². The fourth-order valence-electron chi connectivity index (χ4n) is 4.36. The normalized spacial score (nSPS) is 14.9. The van der Waals surface area contributed by atoms with E-state index in [0.717, 1.165) is 36.0 Å². The second-order valence-corrected chi connectivity index (χ2v) is 7.95. The molecule has 4 aromatic rings.